The Balaban J connectivity index is 2.00. The molecule has 0 unspecified atom stereocenters. The second-order valence-corrected chi connectivity index (χ2v) is 4.82. The summed E-state index contributed by atoms with van der Waals surface area (Å²) < 4.78 is 12.1. The van der Waals surface area contributed by atoms with E-state index >= 15 is 0 Å². The van der Waals surface area contributed by atoms with Crippen LogP contribution in [0, 0.1) is 0 Å². The van der Waals surface area contributed by atoms with Gasteiger partial charge >= 0.3 is 5.63 Å². The van der Waals surface area contributed by atoms with Gasteiger partial charge in [-0.3, -0.25) is 4.79 Å². The van der Waals surface area contributed by atoms with Gasteiger partial charge in [-0.05, 0) is 24.3 Å². The summed E-state index contributed by atoms with van der Waals surface area (Å²) in [6, 6.07) is 12.1. The number of Topliss-reactive ketones (excluding diaryl/α,β-unsaturated/α-hetero) is 1. The van der Waals surface area contributed by atoms with Gasteiger partial charge in [0.1, 0.15) is 16.9 Å². The minimum absolute atomic E-state index is 0.0390. The maximum atomic E-state index is 12.3. The lowest BCUT2D eigenvalue weighted by atomic mass is 10.1. The third-order valence-electron chi connectivity index (χ3n) is 3.34. The largest absolute Gasteiger partial charge is 0.497 e. The summed E-state index contributed by atoms with van der Waals surface area (Å²) in [6.45, 7) is 0.0844. The molecule has 0 saturated heterocycles. The molecule has 0 saturated carbocycles. The van der Waals surface area contributed by atoms with Gasteiger partial charge in [0.15, 0.2) is 12.4 Å². The summed E-state index contributed by atoms with van der Waals surface area (Å²) in [5.41, 5.74) is -0.161. The van der Waals surface area contributed by atoms with E-state index in [0.29, 0.717) is 16.7 Å². The smallest absolute Gasteiger partial charge is 0.347 e. The fourth-order valence-corrected chi connectivity index (χ4v) is 2.21. The zero-order chi connectivity index (χ0) is 15.5. The molecule has 3 rings (SSSR count). The van der Waals surface area contributed by atoms with E-state index in [0.717, 1.165) is 0 Å². The molecule has 0 amide bonds. The van der Waals surface area contributed by atoms with Crippen LogP contribution in [-0.2, 0) is 6.54 Å². The molecule has 0 atom stereocenters. The number of ether oxygens (including phenoxy) is 1. The Labute approximate surface area is 126 Å². The van der Waals surface area contributed by atoms with Gasteiger partial charge in [0, 0.05) is 17.5 Å². The first kappa shape index (κ1) is 14.0. The van der Waals surface area contributed by atoms with Gasteiger partial charge in [0.05, 0.1) is 7.11 Å². The lowest BCUT2D eigenvalue weighted by Gasteiger charge is -2.03. The Bertz CT molecular complexity index is 884. The minimum Gasteiger partial charge on any atom is -0.497 e. The highest BCUT2D eigenvalue weighted by atomic mass is 16.5. The lowest BCUT2D eigenvalue weighted by Crippen LogP contribution is -2.38. The minimum atomic E-state index is -0.626. The molecule has 5 nitrogen and oxygen atoms in total. The van der Waals surface area contributed by atoms with Gasteiger partial charge < -0.3 is 9.15 Å². The Morgan fingerprint density at radius 2 is 1.95 bits per heavy atom. The molecule has 3 aromatic rings. The van der Waals surface area contributed by atoms with Crippen molar-refractivity contribution >= 4 is 16.8 Å². The summed E-state index contributed by atoms with van der Waals surface area (Å²) in [4.78, 5) is 24.3. The molecule has 110 valence electrons. The quantitative estimate of drug-likeness (QED) is 0.419. The summed E-state index contributed by atoms with van der Waals surface area (Å²) in [6.07, 6.45) is 3.53. The third kappa shape index (κ3) is 2.74. The molecule has 0 spiro atoms. The molecule has 2 aromatic heterocycles. The van der Waals surface area contributed by atoms with Gasteiger partial charge in [-0.15, -0.1) is 0 Å². The van der Waals surface area contributed by atoms with Crippen molar-refractivity contribution in [3.05, 3.63) is 70.8 Å². The molecular weight excluding hydrogens is 282 g/mol. The van der Waals surface area contributed by atoms with Crippen LogP contribution >= 0.6 is 0 Å². The topological polar surface area (TPSA) is 60.4 Å². The number of hydrogen-bond acceptors (Lipinski definition) is 4. The first-order valence-corrected chi connectivity index (χ1v) is 6.76. The SMILES string of the molecule is COc1ccc2oc(=O)c(C(=O)C[n+]3ccccc3)cc2c1. The van der Waals surface area contributed by atoms with E-state index in [1.54, 1.807) is 48.3 Å². The van der Waals surface area contributed by atoms with E-state index in [1.807, 2.05) is 18.2 Å². The van der Waals surface area contributed by atoms with Crippen molar-refractivity contribution < 1.29 is 18.5 Å². The molecule has 0 bridgehead atoms. The number of ketones is 1. The van der Waals surface area contributed by atoms with Gasteiger partial charge in [-0.2, -0.15) is 4.57 Å². The number of fused-ring (bicyclic) bond motifs is 1. The van der Waals surface area contributed by atoms with E-state index < -0.39 is 5.63 Å². The number of rotatable bonds is 4. The van der Waals surface area contributed by atoms with Crippen molar-refractivity contribution in [3.63, 3.8) is 0 Å². The molecule has 1 aromatic carbocycles. The van der Waals surface area contributed by atoms with Crippen LogP contribution in [0.4, 0.5) is 0 Å². The number of aromatic nitrogens is 1. The number of carbonyl (C=O) groups excluding carboxylic acids is 1. The second kappa shape index (κ2) is 5.81. The van der Waals surface area contributed by atoms with Crippen LogP contribution in [0.15, 0.2) is 64.1 Å². The van der Waals surface area contributed by atoms with Crippen LogP contribution in [0.3, 0.4) is 0 Å². The zero-order valence-electron chi connectivity index (χ0n) is 12.0. The number of carbonyl (C=O) groups is 1. The number of hydrogen-bond donors (Lipinski definition) is 0. The molecule has 0 aliphatic rings. The van der Waals surface area contributed by atoms with Crippen LogP contribution in [0.25, 0.3) is 11.0 Å². The maximum Gasteiger partial charge on any atom is 0.347 e. The second-order valence-electron chi connectivity index (χ2n) is 4.82. The van der Waals surface area contributed by atoms with Crippen LogP contribution in [0.2, 0.25) is 0 Å². The Hall–Kier alpha value is -2.95. The summed E-state index contributed by atoms with van der Waals surface area (Å²) in [7, 11) is 1.55. The van der Waals surface area contributed by atoms with Crippen LogP contribution in [-0.4, -0.2) is 12.9 Å². The average Bonchev–Trinajstić information content (AvgIpc) is 2.54. The van der Waals surface area contributed by atoms with Crippen molar-refractivity contribution in [3.8, 4) is 5.75 Å². The summed E-state index contributed by atoms with van der Waals surface area (Å²) in [5.74, 6) is 0.340. The number of nitrogens with zero attached hydrogens (tertiary/aromatic N) is 1. The summed E-state index contributed by atoms with van der Waals surface area (Å²) >= 11 is 0. The molecule has 0 fully saturated rings. The van der Waals surface area contributed by atoms with Crippen molar-refractivity contribution in [2.45, 2.75) is 6.54 Å². The zero-order valence-corrected chi connectivity index (χ0v) is 12.0. The van der Waals surface area contributed by atoms with E-state index in [9.17, 15) is 9.59 Å². The summed E-state index contributed by atoms with van der Waals surface area (Å²) in [5, 5.41) is 0.653. The maximum absolute atomic E-state index is 12.3. The monoisotopic (exact) mass is 296 g/mol. The third-order valence-corrected chi connectivity index (χ3v) is 3.34. The fraction of sp³-hybridized carbons (Fsp3) is 0.118. The Morgan fingerprint density at radius 3 is 2.68 bits per heavy atom. The van der Waals surface area contributed by atoms with Gasteiger partial charge in [0.25, 0.3) is 0 Å². The van der Waals surface area contributed by atoms with Crippen LogP contribution in [0.1, 0.15) is 10.4 Å². The predicted octanol–water partition coefficient (Wildman–Crippen LogP) is 1.97. The lowest BCUT2D eigenvalue weighted by molar-refractivity contribution is -0.683. The standard InChI is InChI=1S/C17H14NO4/c1-21-13-5-6-16-12(9-13)10-14(17(20)22-16)15(19)11-18-7-3-2-4-8-18/h2-10H,11H2,1H3/q+1. The predicted molar refractivity (Wildman–Crippen MR) is 80.0 cm³/mol. The van der Waals surface area contributed by atoms with Crippen molar-refractivity contribution in [2.75, 3.05) is 7.11 Å². The fourth-order valence-electron chi connectivity index (χ4n) is 2.21. The van der Waals surface area contributed by atoms with Gasteiger partial charge in [0.2, 0.25) is 12.3 Å². The van der Waals surface area contributed by atoms with Crippen LogP contribution in [0.5, 0.6) is 5.75 Å². The molecule has 0 aliphatic heterocycles. The Morgan fingerprint density at radius 1 is 1.18 bits per heavy atom. The molecule has 0 radical (unpaired) electrons. The molecule has 5 heteroatoms. The first-order chi connectivity index (χ1) is 10.7. The van der Waals surface area contributed by atoms with Crippen molar-refractivity contribution in [1.29, 1.82) is 0 Å². The first-order valence-electron chi connectivity index (χ1n) is 6.76. The van der Waals surface area contributed by atoms with Crippen LogP contribution < -0.4 is 14.9 Å². The highest BCUT2D eigenvalue weighted by Gasteiger charge is 2.17. The van der Waals surface area contributed by atoms with E-state index in [2.05, 4.69) is 0 Å². The molecule has 22 heavy (non-hydrogen) atoms. The number of pyridine rings is 1. The molecule has 0 N–H and O–H groups in total. The van der Waals surface area contributed by atoms with Crippen molar-refractivity contribution in [1.82, 2.24) is 0 Å². The normalized spacial score (nSPS) is 10.6. The van der Waals surface area contributed by atoms with Gasteiger partial charge in [-0.1, -0.05) is 6.07 Å². The van der Waals surface area contributed by atoms with E-state index in [1.165, 1.54) is 0 Å². The highest BCUT2D eigenvalue weighted by molar-refractivity contribution is 5.97. The number of benzene rings is 1. The molecule has 0 aliphatic carbocycles. The van der Waals surface area contributed by atoms with Crippen molar-refractivity contribution in [2.24, 2.45) is 0 Å². The van der Waals surface area contributed by atoms with E-state index in [4.69, 9.17) is 9.15 Å². The average molecular weight is 296 g/mol. The number of methoxy groups -OCH3 is 1. The van der Waals surface area contributed by atoms with Gasteiger partial charge in [-0.25, -0.2) is 4.79 Å². The van der Waals surface area contributed by atoms with E-state index in [-0.39, 0.29) is 17.9 Å². The highest BCUT2D eigenvalue weighted by Crippen LogP contribution is 2.20. The Kier molecular flexibility index (Phi) is 3.70. The molecule has 2 heterocycles. The molecular formula is C17H14NO4+.